The molecule has 0 amide bonds. The van der Waals surface area contributed by atoms with Crippen LogP contribution in [0.1, 0.15) is 44.0 Å². The molecule has 5 rings (SSSR count). The Kier molecular flexibility index (Phi) is 5.57. The maximum absolute atomic E-state index is 13.7. The van der Waals surface area contributed by atoms with Crippen molar-refractivity contribution in [2.45, 2.75) is 32.9 Å². The van der Waals surface area contributed by atoms with Gasteiger partial charge < -0.3 is 9.30 Å². The Morgan fingerprint density at radius 3 is 2.53 bits per heavy atom. The lowest BCUT2D eigenvalue weighted by Gasteiger charge is -2.24. The number of hydrogen-bond acceptors (Lipinski definition) is 5. The summed E-state index contributed by atoms with van der Waals surface area (Å²) in [5.74, 6) is -0.482. The number of fused-ring (bicyclic) bond motifs is 2. The minimum atomic E-state index is -0.593. The Labute approximate surface area is 200 Å². The predicted octanol–water partition coefficient (Wildman–Crippen LogP) is 3.94. The molecule has 4 aromatic rings. The van der Waals surface area contributed by atoms with E-state index >= 15 is 0 Å². The molecule has 2 aromatic carbocycles. The normalized spacial score (nSPS) is 16.1. The van der Waals surface area contributed by atoms with Crippen LogP contribution in [0.4, 0.5) is 0 Å². The number of carbonyl (C=O) groups excluding carboxylic acids is 1. The highest BCUT2D eigenvalue weighted by atomic mass is 32.1. The van der Waals surface area contributed by atoms with E-state index in [0.717, 1.165) is 22.0 Å². The number of allylic oxidation sites excluding steroid dienone is 1. The van der Waals surface area contributed by atoms with Gasteiger partial charge in [-0.15, -0.1) is 0 Å². The predicted molar refractivity (Wildman–Crippen MR) is 135 cm³/mol. The molecule has 0 bridgehead atoms. The van der Waals surface area contributed by atoms with Gasteiger partial charge in [-0.3, -0.25) is 9.36 Å². The van der Waals surface area contributed by atoms with Crippen LogP contribution in [0.15, 0.2) is 81.9 Å². The Morgan fingerprint density at radius 2 is 1.82 bits per heavy atom. The van der Waals surface area contributed by atoms with Crippen LogP contribution in [-0.4, -0.2) is 22.2 Å². The van der Waals surface area contributed by atoms with Crippen molar-refractivity contribution in [3.05, 3.63) is 103 Å². The van der Waals surface area contributed by atoms with E-state index in [2.05, 4.69) is 41.7 Å². The molecule has 0 saturated heterocycles. The van der Waals surface area contributed by atoms with Crippen LogP contribution in [0.5, 0.6) is 0 Å². The molecule has 0 aliphatic carbocycles. The number of thiazole rings is 1. The molecule has 2 aromatic heterocycles. The third kappa shape index (κ3) is 3.53. The lowest BCUT2D eigenvalue weighted by molar-refractivity contribution is -0.136. The summed E-state index contributed by atoms with van der Waals surface area (Å²) in [6, 6.07) is 17.4. The Morgan fingerprint density at radius 1 is 1.12 bits per heavy atom. The third-order valence-electron chi connectivity index (χ3n) is 6.16. The molecule has 0 fully saturated rings. The van der Waals surface area contributed by atoms with Crippen LogP contribution in [-0.2, 0) is 9.53 Å². The van der Waals surface area contributed by atoms with E-state index in [1.54, 1.807) is 11.5 Å². The van der Waals surface area contributed by atoms with Gasteiger partial charge in [0.1, 0.15) is 0 Å². The number of aromatic nitrogens is 2. The number of methoxy groups -OCH3 is 1. The van der Waals surface area contributed by atoms with Crippen molar-refractivity contribution in [2.24, 2.45) is 4.99 Å². The van der Waals surface area contributed by atoms with Gasteiger partial charge in [-0.25, -0.2) is 9.79 Å². The summed E-state index contributed by atoms with van der Waals surface area (Å²) in [6.07, 6.45) is 4.03. The number of nitrogens with zero attached hydrogens (tertiary/aromatic N) is 3. The van der Waals surface area contributed by atoms with Gasteiger partial charge in [0.2, 0.25) is 0 Å². The smallest absolute Gasteiger partial charge is 0.338 e. The molecule has 6 nitrogen and oxygen atoms in total. The summed E-state index contributed by atoms with van der Waals surface area (Å²) in [5.41, 5.74) is 3.71. The Hall–Kier alpha value is -3.71. The van der Waals surface area contributed by atoms with Crippen molar-refractivity contribution < 1.29 is 9.53 Å². The molecule has 0 N–H and O–H groups in total. The first-order valence-corrected chi connectivity index (χ1v) is 12.0. The fourth-order valence-electron chi connectivity index (χ4n) is 4.56. The number of ether oxygens (including phenoxy) is 1. The van der Waals surface area contributed by atoms with E-state index in [9.17, 15) is 9.59 Å². The maximum atomic E-state index is 13.7. The zero-order valence-electron chi connectivity index (χ0n) is 19.5. The van der Waals surface area contributed by atoms with Gasteiger partial charge in [0, 0.05) is 28.7 Å². The van der Waals surface area contributed by atoms with Crippen molar-refractivity contribution in [3.63, 3.8) is 0 Å². The molecule has 34 heavy (non-hydrogen) atoms. The van der Waals surface area contributed by atoms with Crippen LogP contribution < -0.4 is 14.9 Å². The van der Waals surface area contributed by atoms with Crippen molar-refractivity contribution in [1.82, 2.24) is 9.13 Å². The molecule has 1 aliphatic heterocycles. The van der Waals surface area contributed by atoms with Gasteiger partial charge in [-0.1, -0.05) is 59.9 Å². The monoisotopic (exact) mass is 471 g/mol. The molecule has 172 valence electrons. The van der Waals surface area contributed by atoms with Gasteiger partial charge in [-0.05, 0) is 38.5 Å². The van der Waals surface area contributed by atoms with E-state index in [4.69, 9.17) is 4.74 Å². The molecule has 7 heteroatoms. The van der Waals surface area contributed by atoms with Crippen LogP contribution in [0, 0.1) is 0 Å². The molecular formula is C27H25N3O3S. The number of esters is 1. The summed E-state index contributed by atoms with van der Waals surface area (Å²) in [5, 5.41) is 1.09. The summed E-state index contributed by atoms with van der Waals surface area (Å²) in [6.45, 7) is 6.07. The highest BCUT2D eigenvalue weighted by molar-refractivity contribution is 7.07. The van der Waals surface area contributed by atoms with Gasteiger partial charge in [0.05, 0.1) is 29.0 Å². The van der Waals surface area contributed by atoms with Crippen molar-refractivity contribution >= 4 is 34.3 Å². The lowest BCUT2D eigenvalue weighted by atomic mass is 9.96. The van der Waals surface area contributed by atoms with Crippen LogP contribution >= 0.6 is 11.3 Å². The number of rotatable bonds is 4. The molecule has 1 unspecified atom stereocenters. The van der Waals surface area contributed by atoms with Crippen molar-refractivity contribution in [1.29, 1.82) is 0 Å². The molecule has 1 atom stereocenters. The van der Waals surface area contributed by atoms with Crippen LogP contribution in [0.3, 0.4) is 0 Å². The van der Waals surface area contributed by atoms with E-state index in [1.165, 1.54) is 18.4 Å². The zero-order valence-corrected chi connectivity index (χ0v) is 20.3. The van der Waals surface area contributed by atoms with Gasteiger partial charge in [0.15, 0.2) is 4.80 Å². The topological polar surface area (TPSA) is 65.6 Å². The fourth-order valence-corrected chi connectivity index (χ4v) is 5.60. The second kappa shape index (κ2) is 8.57. The average molecular weight is 472 g/mol. The second-order valence-electron chi connectivity index (χ2n) is 8.59. The first-order chi connectivity index (χ1) is 16.4. The quantitative estimate of drug-likeness (QED) is 0.424. The third-order valence-corrected chi connectivity index (χ3v) is 7.14. The summed E-state index contributed by atoms with van der Waals surface area (Å²) in [4.78, 5) is 31.7. The summed E-state index contributed by atoms with van der Waals surface area (Å²) in [7, 11) is 1.35. The number of benzene rings is 2. The average Bonchev–Trinajstić information content (AvgIpc) is 3.36. The van der Waals surface area contributed by atoms with Crippen molar-refractivity contribution in [3.8, 4) is 0 Å². The molecular weight excluding hydrogens is 446 g/mol. The molecule has 3 heterocycles. The van der Waals surface area contributed by atoms with E-state index < -0.39 is 12.0 Å². The molecule has 0 spiro atoms. The van der Waals surface area contributed by atoms with Gasteiger partial charge >= 0.3 is 5.97 Å². The molecule has 0 saturated carbocycles. The fraction of sp³-hybridized carbons (Fsp3) is 0.222. The van der Waals surface area contributed by atoms with E-state index in [1.807, 2.05) is 48.5 Å². The second-order valence-corrected chi connectivity index (χ2v) is 9.60. The lowest BCUT2D eigenvalue weighted by Crippen LogP contribution is -2.39. The van der Waals surface area contributed by atoms with Crippen LogP contribution in [0.25, 0.3) is 17.0 Å². The van der Waals surface area contributed by atoms with E-state index in [0.29, 0.717) is 20.6 Å². The molecule has 0 radical (unpaired) electrons. The maximum Gasteiger partial charge on any atom is 0.338 e. The SMILES string of the molecule is COC(=O)C1=C(C)N=c2sc(=Cc3cn(C(C)C)c4ccccc34)c(=O)n2C1c1ccccc1. The van der Waals surface area contributed by atoms with Gasteiger partial charge in [0.25, 0.3) is 5.56 Å². The Balaban J connectivity index is 1.77. The number of hydrogen-bond donors (Lipinski definition) is 0. The number of carbonyl (C=O) groups is 1. The number of para-hydroxylation sites is 1. The van der Waals surface area contributed by atoms with Crippen LogP contribution in [0.2, 0.25) is 0 Å². The van der Waals surface area contributed by atoms with Gasteiger partial charge in [-0.2, -0.15) is 0 Å². The minimum absolute atomic E-state index is 0.173. The highest BCUT2D eigenvalue weighted by Gasteiger charge is 2.32. The van der Waals surface area contributed by atoms with E-state index in [-0.39, 0.29) is 11.6 Å². The summed E-state index contributed by atoms with van der Waals surface area (Å²) < 4.78 is 9.47. The Bertz CT molecular complexity index is 1620. The highest BCUT2D eigenvalue weighted by Crippen LogP contribution is 2.30. The first kappa shape index (κ1) is 22.1. The largest absolute Gasteiger partial charge is 0.466 e. The van der Waals surface area contributed by atoms with Crippen molar-refractivity contribution in [2.75, 3.05) is 7.11 Å². The molecule has 1 aliphatic rings. The zero-order chi connectivity index (χ0) is 24.0. The standard InChI is InChI=1S/C27H25N3O3S/c1-16(2)29-15-19(20-12-8-9-13-21(20)29)14-22-25(31)30-24(18-10-6-5-7-11-18)23(26(32)33-4)17(3)28-27(30)34-22/h5-16,24H,1-4H3. The summed E-state index contributed by atoms with van der Waals surface area (Å²) >= 11 is 1.34. The minimum Gasteiger partial charge on any atom is -0.466 e. The first-order valence-electron chi connectivity index (χ1n) is 11.2.